The maximum Gasteiger partial charge on any atom is 0.414 e. The average Bonchev–Trinajstić information content (AvgIpc) is 2.53. The van der Waals surface area contributed by atoms with Crippen molar-refractivity contribution in [2.75, 3.05) is 25.5 Å². The van der Waals surface area contributed by atoms with E-state index in [9.17, 15) is 9.18 Å². The molecular weight excluding hydrogens is 319 g/mol. The predicted octanol–water partition coefficient (Wildman–Crippen LogP) is 2.04. The van der Waals surface area contributed by atoms with E-state index >= 15 is 0 Å². The molecule has 1 aromatic carbocycles. The normalized spacial score (nSPS) is 9.83. The van der Waals surface area contributed by atoms with Gasteiger partial charge in [-0.2, -0.15) is 0 Å². The van der Waals surface area contributed by atoms with Gasteiger partial charge in [0.05, 0.1) is 5.69 Å². The van der Waals surface area contributed by atoms with Gasteiger partial charge in [-0.25, -0.2) is 14.0 Å². The Morgan fingerprint density at radius 1 is 1.12 bits per heavy atom. The average molecular weight is 342 g/mol. The van der Waals surface area contributed by atoms with Crippen LogP contribution in [0.4, 0.5) is 10.1 Å². The Morgan fingerprint density at radius 3 is 2.21 bits per heavy atom. The summed E-state index contributed by atoms with van der Waals surface area (Å²) in [6, 6.07) is 6.20. The van der Waals surface area contributed by atoms with Gasteiger partial charge in [0.1, 0.15) is 5.82 Å². The van der Waals surface area contributed by atoms with Crippen LogP contribution in [0.15, 0.2) is 24.3 Å². The van der Waals surface area contributed by atoms with Crippen molar-refractivity contribution in [2.24, 2.45) is 0 Å². The van der Waals surface area contributed by atoms with Gasteiger partial charge in [0, 0.05) is 13.0 Å². The van der Waals surface area contributed by atoms with Crippen LogP contribution in [0.3, 0.4) is 0 Å². The van der Waals surface area contributed by atoms with Crippen LogP contribution in [0, 0.1) is 5.82 Å². The van der Waals surface area contributed by atoms with Crippen molar-refractivity contribution in [3.8, 4) is 0 Å². The number of para-hydroxylation sites is 1. The van der Waals surface area contributed by atoms with Gasteiger partial charge in [-0.15, -0.1) is 0 Å². The fourth-order valence-electron chi connectivity index (χ4n) is 1.61. The molecule has 0 bridgehead atoms. The highest BCUT2D eigenvalue weighted by Crippen LogP contribution is 2.12. The predicted molar refractivity (Wildman–Crippen MR) is 87.3 cm³/mol. The maximum absolute atomic E-state index is 13.3. The number of carboxylic acid groups (broad SMARTS) is 2. The third kappa shape index (κ3) is 10.3. The van der Waals surface area contributed by atoms with E-state index in [0.29, 0.717) is 13.0 Å². The van der Waals surface area contributed by atoms with E-state index in [0.717, 1.165) is 19.4 Å². The van der Waals surface area contributed by atoms with E-state index in [1.54, 1.807) is 18.2 Å². The number of amides is 1. The van der Waals surface area contributed by atoms with Gasteiger partial charge in [0.25, 0.3) is 0 Å². The Hall–Kier alpha value is -2.48. The Bertz CT molecular complexity index is 539. The Kier molecular flexibility index (Phi) is 10.8. The lowest BCUT2D eigenvalue weighted by molar-refractivity contribution is -0.159. The highest BCUT2D eigenvalue weighted by Gasteiger charge is 2.07. The summed E-state index contributed by atoms with van der Waals surface area (Å²) in [4.78, 5) is 32.0. The fraction of sp³-hybridized carbons (Fsp3) is 0.438. The lowest BCUT2D eigenvalue weighted by Crippen LogP contribution is -2.25. The summed E-state index contributed by atoms with van der Waals surface area (Å²) in [5.74, 6) is -4.20. The molecule has 3 N–H and O–H groups in total. The van der Waals surface area contributed by atoms with Crippen molar-refractivity contribution in [3.63, 3.8) is 0 Å². The Balaban J connectivity index is 0.000000754. The topological polar surface area (TPSA) is 107 Å². The highest BCUT2D eigenvalue weighted by molar-refractivity contribution is 6.27. The van der Waals surface area contributed by atoms with Crippen LogP contribution in [-0.2, 0) is 14.4 Å². The smallest absolute Gasteiger partial charge is 0.414 e. The van der Waals surface area contributed by atoms with Gasteiger partial charge >= 0.3 is 11.9 Å². The summed E-state index contributed by atoms with van der Waals surface area (Å²) < 4.78 is 13.3. The number of halogens is 1. The minimum atomic E-state index is -1.82. The van der Waals surface area contributed by atoms with Crippen LogP contribution in [-0.4, -0.2) is 53.1 Å². The molecule has 0 saturated heterocycles. The van der Waals surface area contributed by atoms with Crippen molar-refractivity contribution >= 4 is 23.5 Å². The molecule has 0 unspecified atom stereocenters. The van der Waals surface area contributed by atoms with Crippen molar-refractivity contribution in [2.45, 2.75) is 26.2 Å². The Labute approximate surface area is 140 Å². The molecule has 0 aliphatic rings. The molecule has 1 aromatic rings. The molecule has 0 radical (unpaired) electrons. The van der Waals surface area contributed by atoms with E-state index in [4.69, 9.17) is 19.8 Å². The van der Waals surface area contributed by atoms with Crippen LogP contribution in [0.2, 0.25) is 0 Å². The number of nitrogens with zero attached hydrogens (tertiary/aromatic N) is 1. The number of nitrogens with one attached hydrogen (secondary N) is 1. The van der Waals surface area contributed by atoms with Gasteiger partial charge in [-0.1, -0.05) is 25.5 Å². The molecule has 24 heavy (non-hydrogen) atoms. The molecule has 0 spiro atoms. The number of benzene rings is 1. The van der Waals surface area contributed by atoms with Gasteiger partial charge in [-0.3, -0.25) is 4.79 Å². The number of hydrogen-bond donors (Lipinski definition) is 3. The molecule has 7 nitrogen and oxygen atoms in total. The van der Waals surface area contributed by atoms with E-state index < -0.39 is 17.8 Å². The summed E-state index contributed by atoms with van der Waals surface area (Å²) >= 11 is 0. The van der Waals surface area contributed by atoms with Gasteiger partial charge < -0.3 is 20.4 Å². The summed E-state index contributed by atoms with van der Waals surface area (Å²) in [5.41, 5.74) is 0.249. The standard InChI is InChI=1S/C14H21FN2O.C2H2O4/c1-3-4-10-17(2)11-9-14(18)16-13-8-6-5-7-12(13)15;3-1(4)2(5)6/h5-8H,3-4,9-11H2,1-2H3,(H,16,18);(H,3,4)(H,5,6). The molecule has 0 aromatic heterocycles. The molecule has 0 heterocycles. The quantitative estimate of drug-likeness (QED) is 0.655. The molecule has 0 fully saturated rings. The van der Waals surface area contributed by atoms with E-state index in [1.165, 1.54) is 6.07 Å². The van der Waals surface area contributed by atoms with Crippen molar-refractivity contribution in [3.05, 3.63) is 30.1 Å². The zero-order chi connectivity index (χ0) is 18.5. The number of unbranched alkanes of at least 4 members (excludes halogenated alkanes) is 1. The zero-order valence-electron chi connectivity index (χ0n) is 13.8. The van der Waals surface area contributed by atoms with Crippen molar-refractivity contribution in [1.82, 2.24) is 4.90 Å². The summed E-state index contributed by atoms with van der Waals surface area (Å²) in [6.45, 7) is 3.82. The first-order chi connectivity index (χ1) is 11.3. The molecule has 1 rings (SSSR count). The van der Waals surface area contributed by atoms with E-state index in [2.05, 4.69) is 17.1 Å². The summed E-state index contributed by atoms with van der Waals surface area (Å²) in [7, 11) is 1.99. The second-order valence-corrected chi connectivity index (χ2v) is 5.05. The van der Waals surface area contributed by atoms with Gasteiger partial charge in [0.15, 0.2) is 0 Å². The van der Waals surface area contributed by atoms with Crippen LogP contribution >= 0.6 is 0 Å². The first-order valence-corrected chi connectivity index (χ1v) is 7.47. The monoisotopic (exact) mass is 342 g/mol. The molecule has 0 aliphatic heterocycles. The van der Waals surface area contributed by atoms with Crippen LogP contribution in [0.5, 0.6) is 0 Å². The minimum Gasteiger partial charge on any atom is -0.473 e. The zero-order valence-corrected chi connectivity index (χ0v) is 13.8. The number of carboxylic acids is 2. The number of anilines is 1. The number of rotatable bonds is 7. The second kappa shape index (κ2) is 12.0. The lowest BCUT2D eigenvalue weighted by atomic mass is 10.2. The maximum atomic E-state index is 13.3. The molecule has 1 amide bonds. The second-order valence-electron chi connectivity index (χ2n) is 5.05. The molecule has 0 aliphatic carbocycles. The Morgan fingerprint density at radius 2 is 1.71 bits per heavy atom. The molecule has 0 saturated carbocycles. The van der Waals surface area contributed by atoms with Crippen molar-refractivity contribution < 1.29 is 29.0 Å². The number of hydrogen-bond acceptors (Lipinski definition) is 4. The van der Waals surface area contributed by atoms with Gasteiger partial charge in [-0.05, 0) is 32.1 Å². The lowest BCUT2D eigenvalue weighted by Gasteiger charge is -2.15. The SMILES string of the molecule is CCCCN(C)CCC(=O)Nc1ccccc1F.O=C(O)C(=O)O. The third-order valence-corrected chi connectivity index (χ3v) is 2.94. The minimum absolute atomic E-state index is 0.150. The molecule has 134 valence electrons. The first-order valence-electron chi connectivity index (χ1n) is 7.47. The van der Waals surface area contributed by atoms with E-state index in [-0.39, 0.29) is 11.6 Å². The number of carbonyl (C=O) groups is 3. The van der Waals surface area contributed by atoms with E-state index in [1.807, 2.05) is 7.05 Å². The molecular formula is C16H23FN2O5. The fourth-order valence-corrected chi connectivity index (χ4v) is 1.61. The molecule has 8 heteroatoms. The van der Waals surface area contributed by atoms with Crippen molar-refractivity contribution in [1.29, 1.82) is 0 Å². The highest BCUT2D eigenvalue weighted by atomic mass is 19.1. The number of carbonyl (C=O) groups excluding carboxylic acids is 1. The first kappa shape index (κ1) is 21.5. The summed E-state index contributed by atoms with van der Waals surface area (Å²) in [6.07, 6.45) is 2.66. The van der Waals surface area contributed by atoms with Crippen LogP contribution in [0.25, 0.3) is 0 Å². The molecule has 0 atom stereocenters. The largest absolute Gasteiger partial charge is 0.473 e. The third-order valence-electron chi connectivity index (χ3n) is 2.94. The van der Waals surface area contributed by atoms with Crippen LogP contribution in [0.1, 0.15) is 26.2 Å². The van der Waals surface area contributed by atoms with Gasteiger partial charge in [0.2, 0.25) is 5.91 Å². The number of aliphatic carboxylic acids is 2. The van der Waals surface area contributed by atoms with Crippen LogP contribution < -0.4 is 5.32 Å². The summed E-state index contributed by atoms with van der Waals surface area (Å²) in [5, 5.41) is 17.4.